The van der Waals surface area contributed by atoms with E-state index in [2.05, 4.69) is 0 Å². The van der Waals surface area contributed by atoms with Gasteiger partial charge in [0.1, 0.15) is 0 Å². The van der Waals surface area contributed by atoms with Gasteiger partial charge in [0, 0.05) is 11.5 Å². The van der Waals surface area contributed by atoms with Crippen molar-refractivity contribution in [2.45, 2.75) is 31.0 Å². The van der Waals surface area contributed by atoms with E-state index in [9.17, 15) is 18.3 Å². The lowest BCUT2D eigenvalue weighted by atomic mass is 9.75. The van der Waals surface area contributed by atoms with Gasteiger partial charge in [0.25, 0.3) is 0 Å². The van der Waals surface area contributed by atoms with E-state index in [4.69, 9.17) is 0 Å². The van der Waals surface area contributed by atoms with E-state index in [1.165, 1.54) is 18.1 Å². The number of hydrogen-bond donors (Lipinski definition) is 1. The predicted octanol–water partition coefficient (Wildman–Crippen LogP) is 2.97. The number of alkyl halides is 3. The second-order valence-electron chi connectivity index (χ2n) is 4.21. The minimum atomic E-state index is -4.47. The first-order chi connectivity index (χ1) is 7.89. The zero-order chi connectivity index (χ0) is 12.5. The summed E-state index contributed by atoms with van der Waals surface area (Å²) in [7, 11) is 0. The van der Waals surface area contributed by atoms with Crippen LogP contribution in [0.2, 0.25) is 0 Å². The van der Waals surface area contributed by atoms with E-state index < -0.39 is 11.8 Å². The number of aliphatic hydroxyl groups is 1. The molecule has 0 bridgehead atoms. The smallest absolute Gasteiger partial charge is 0.385 e. The van der Waals surface area contributed by atoms with Crippen LogP contribution in [-0.2, 0) is 5.60 Å². The highest BCUT2D eigenvalue weighted by Gasteiger charge is 2.35. The van der Waals surface area contributed by atoms with Crippen molar-refractivity contribution in [3.05, 3.63) is 35.4 Å². The van der Waals surface area contributed by atoms with E-state index in [-0.39, 0.29) is 0 Å². The van der Waals surface area contributed by atoms with Gasteiger partial charge in [-0.25, -0.2) is 0 Å². The number of halogens is 3. The first kappa shape index (κ1) is 12.0. The Morgan fingerprint density at radius 2 is 1.71 bits per heavy atom. The largest absolute Gasteiger partial charge is 0.458 e. The Labute approximate surface area is 97.3 Å². The fourth-order valence-corrected chi connectivity index (χ4v) is 1.81. The summed E-state index contributed by atoms with van der Waals surface area (Å²) in [5.74, 6) is 3.25. The summed E-state index contributed by atoms with van der Waals surface area (Å²) in [5, 5.41) is 10.0. The molecule has 1 fully saturated rings. The van der Waals surface area contributed by atoms with Crippen molar-refractivity contribution < 1.29 is 18.3 Å². The molecule has 0 unspecified atom stereocenters. The third kappa shape index (κ3) is 2.80. The minimum Gasteiger partial charge on any atom is -0.385 e. The lowest BCUT2D eigenvalue weighted by Crippen LogP contribution is -2.33. The maximum atomic E-state index is 11.9. The normalized spacial score (nSPS) is 17.9. The van der Waals surface area contributed by atoms with Gasteiger partial charge < -0.3 is 5.11 Å². The Morgan fingerprint density at radius 3 is 2.12 bits per heavy atom. The molecule has 0 aliphatic heterocycles. The van der Waals surface area contributed by atoms with Crippen molar-refractivity contribution in [2.75, 3.05) is 0 Å². The maximum absolute atomic E-state index is 11.9. The van der Waals surface area contributed by atoms with E-state index in [1.54, 1.807) is 12.1 Å². The summed E-state index contributed by atoms with van der Waals surface area (Å²) in [6.45, 7) is 0. The molecule has 90 valence electrons. The van der Waals surface area contributed by atoms with E-state index in [0.29, 0.717) is 18.4 Å². The van der Waals surface area contributed by atoms with Gasteiger partial charge in [-0.3, -0.25) is 0 Å². The molecule has 0 heterocycles. The molecule has 17 heavy (non-hydrogen) atoms. The highest BCUT2D eigenvalue weighted by molar-refractivity contribution is 5.38. The molecule has 1 saturated carbocycles. The molecule has 0 spiro atoms. The summed E-state index contributed by atoms with van der Waals surface area (Å²) < 4.78 is 35.6. The van der Waals surface area contributed by atoms with Crippen LogP contribution in [-0.4, -0.2) is 11.3 Å². The van der Waals surface area contributed by atoms with Crippen LogP contribution in [0.15, 0.2) is 24.3 Å². The van der Waals surface area contributed by atoms with E-state index >= 15 is 0 Å². The Hall–Kier alpha value is -1.47. The van der Waals surface area contributed by atoms with Gasteiger partial charge in [0.15, 0.2) is 0 Å². The first-order valence-electron chi connectivity index (χ1n) is 5.32. The molecule has 0 atom stereocenters. The predicted molar refractivity (Wildman–Crippen MR) is 57.1 cm³/mol. The zero-order valence-corrected chi connectivity index (χ0v) is 9.01. The van der Waals surface area contributed by atoms with Crippen molar-refractivity contribution in [1.29, 1.82) is 0 Å². The molecule has 1 aliphatic carbocycles. The third-order valence-electron chi connectivity index (χ3n) is 2.95. The van der Waals surface area contributed by atoms with Crippen molar-refractivity contribution in [3.63, 3.8) is 0 Å². The van der Waals surface area contributed by atoms with Gasteiger partial charge in [-0.15, -0.1) is 0 Å². The standard InChI is InChI=1S/C13H11F3O/c14-13(15,16)9-6-10-2-4-11(5-3-10)12(17)7-1-8-12/h2-5,17H,1,7-8H2. The Balaban J connectivity index is 2.15. The van der Waals surface area contributed by atoms with Crippen molar-refractivity contribution in [2.24, 2.45) is 0 Å². The molecule has 2 rings (SSSR count). The third-order valence-corrected chi connectivity index (χ3v) is 2.95. The summed E-state index contributed by atoms with van der Waals surface area (Å²) in [5.41, 5.74) is 0.269. The van der Waals surface area contributed by atoms with Gasteiger partial charge in [-0.2, -0.15) is 13.2 Å². The number of rotatable bonds is 1. The van der Waals surface area contributed by atoms with Crippen molar-refractivity contribution >= 4 is 0 Å². The van der Waals surface area contributed by atoms with Gasteiger partial charge in [-0.05, 0) is 37.0 Å². The fraction of sp³-hybridized carbons (Fsp3) is 0.385. The molecule has 0 amide bonds. The summed E-state index contributed by atoms with van der Waals surface area (Å²) >= 11 is 0. The van der Waals surface area contributed by atoms with E-state index in [0.717, 1.165) is 12.0 Å². The molecular formula is C13H11F3O. The molecule has 1 nitrogen and oxygen atoms in total. The SMILES string of the molecule is OC1(c2ccc(C#CC(F)(F)F)cc2)CCC1. The molecule has 1 aromatic carbocycles. The summed E-state index contributed by atoms with van der Waals surface area (Å²) in [6, 6.07) is 6.29. The Morgan fingerprint density at radius 1 is 1.12 bits per heavy atom. The number of benzene rings is 1. The molecule has 0 aromatic heterocycles. The second kappa shape index (κ2) is 4.08. The maximum Gasteiger partial charge on any atom is 0.458 e. The summed E-state index contributed by atoms with van der Waals surface area (Å²) in [6.07, 6.45) is -2.07. The lowest BCUT2D eigenvalue weighted by Gasteiger charge is -2.37. The zero-order valence-electron chi connectivity index (χ0n) is 9.01. The van der Waals surface area contributed by atoms with Crippen LogP contribution in [0.3, 0.4) is 0 Å². The second-order valence-corrected chi connectivity index (χ2v) is 4.21. The van der Waals surface area contributed by atoms with Gasteiger partial charge in [-0.1, -0.05) is 18.1 Å². The van der Waals surface area contributed by atoms with Gasteiger partial charge in [0.2, 0.25) is 0 Å². The monoisotopic (exact) mass is 240 g/mol. The fourth-order valence-electron chi connectivity index (χ4n) is 1.81. The lowest BCUT2D eigenvalue weighted by molar-refractivity contribution is -0.0696. The van der Waals surface area contributed by atoms with Crippen LogP contribution in [0.5, 0.6) is 0 Å². The molecule has 0 radical (unpaired) electrons. The van der Waals surface area contributed by atoms with Crippen molar-refractivity contribution in [3.8, 4) is 11.8 Å². The molecular weight excluding hydrogens is 229 g/mol. The van der Waals surface area contributed by atoms with Crippen LogP contribution in [0.1, 0.15) is 30.4 Å². The Kier molecular flexibility index (Phi) is 2.88. The number of hydrogen-bond acceptors (Lipinski definition) is 1. The van der Waals surface area contributed by atoms with Crippen molar-refractivity contribution in [1.82, 2.24) is 0 Å². The summed E-state index contributed by atoms with van der Waals surface area (Å²) in [4.78, 5) is 0. The average Bonchev–Trinajstić information content (AvgIpc) is 2.23. The average molecular weight is 240 g/mol. The van der Waals surface area contributed by atoms with Gasteiger partial charge in [0.05, 0.1) is 5.60 Å². The van der Waals surface area contributed by atoms with Crippen LogP contribution < -0.4 is 0 Å². The minimum absolute atomic E-state index is 0.300. The molecule has 0 saturated heterocycles. The molecule has 1 aromatic rings. The van der Waals surface area contributed by atoms with Crippen LogP contribution in [0, 0.1) is 11.8 Å². The van der Waals surface area contributed by atoms with Crippen LogP contribution in [0.25, 0.3) is 0 Å². The quantitative estimate of drug-likeness (QED) is 0.748. The molecule has 4 heteroatoms. The molecule has 1 N–H and O–H groups in total. The van der Waals surface area contributed by atoms with E-state index in [1.807, 2.05) is 5.92 Å². The highest BCUT2D eigenvalue weighted by Crippen LogP contribution is 2.40. The Bertz CT molecular complexity index is 458. The van der Waals surface area contributed by atoms with Gasteiger partial charge >= 0.3 is 6.18 Å². The molecule has 1 aliphatic rings. The van der Waals surface area contributed by atoms with Crippen LogP contribution in [0.4, 0.5) is 13.2 Å². The van der Waals surface area contributed by atoms with Crippen LogP contribution >= 0.6 is 0 Å². The first-order valence-corrected chi connectivity index (χ1v) is 5.32. The topological polar surface area (TPSA) is 20.2 Å². The highest BCUT2D eigenvalue weighted by atomic mass is 19.4.